The van der Waals surface area contributed by atoms with E-state index in [9.17, 15) is 5.11 Å². The van der Waals surface area contributed by atoms with Crippen LogP contribution < -0.4 is 5.73 Å². The van der Waals surface area contributed by atoms with Gasteiger partial charge < -0.3 is 10.8 Å². The van der Waals surface area contributed by atoms with E-state index >= 15 is 0 Å². The lowest BCUT2D eigenvalue weighted by molar-refractivity contribution is -0.0829. The van der Waals surface area contributed by atoms with Crippen molar-refractivity contribution < 1.29 is 5.11 Å². The van der Waals surface area contributed by atoms with Gasteiger partial charge in [0, 0.05) is 13.1 Å². The summed E-state index contributed by atoms with van der Waals surface area (Å²) in [6.07, 6.45) is 1.04. The highest BCUT2D eigenvalue weighted by Gasteiger charge is 2.35. The molecule has 0 radical (unpaired) electrons. The minimum Gasteiger partial charge on any atom is -0.388 e. The Bertz CT molecular complexity index is 106. The molecule has 1 saturated heterocycles. The van der Waals surface area contributed by atoms with Crippen molar-refractivity contribution in [3.8, 4) is 0 Å². The maximum absolute atomic E-state index is 9.31. The second-order valence-corrected chi connectivity index (χ2v) is 3.35. The highest BCUT2D eigenvalue weighted by Crippen LogP contribution is 2.18. The van der Waals surface area contributed by atoms with Crippen molar-refractivity contribution in [3.63, 3.8) is 0 Å². The van der Waals surface area contributed by atoms with E-state index in [2.05, 4.69) is 4.90 Å². The van der Waals surface area contributed by atoms with Gasteiger partial charge in [-0.15, -0.1) is 0 Å². The Hall–Kier alpha value is -0.120. The lowest BCUT2D eigenvalue weighted by atomic mass is 9.97. The average molecular weight is 144 g/mol. The lowest BCUT2D eigenvalue weighted by Gasteiger charge is -2.44. The average Bonchev–Trinajstić information content (AvgIpc) is 1.78. The molecule has 60 valence electrons. The minimum absolute atomic E-state index is 0.422. The number of nitrogens with zero attached hydrogens (tertiary/aromatic N) is 1. The van der Waals surface area contributed by atoms with Crippen LogP contribution in [0.4, 0.5) is 0 Å². The van der Waals surface area contributed by atoms with E-state index in [1.54, 1.807) is 0 Å². The molecule has 0 atom stereocenters. The lowest BCUT2D eigenvalue weighted by Crippen LogP contribution is -2.59. The van der Waals surface area contributed by atoms with Crippen LogP contribution >= 0.6 is 0 Å². The van der Waals surface area contributed by atoms with Gasteiger partial charge in [-0.1, -0.05) is 0 Å². The highest BCUT2D eigenvalue weighted by atomic mass is 16.3. The molecule has 1 rings (SSSR count). The molecular weight excluding hydrogens is 128 g/mol. The molecule has 0 bridgehead atoms. The van der Waals surface area contributed by atoms with Crippen molar-refractivity contribution in [2.45, 2.75) is 18.9 Å². The molecule has 3 heteroatoms. The smallest absolute Gasteiger partial charge is 0.0872 e. The van der Waals surface area contributed by atoms with Gasteiger partial charge in [-0.25, -0.2) is 0 Å². The Balaban J connectivity index is 2.03. The van der Waals surface area contributed by atoms with Crippen LogP contribution in [0.2, 0.25) is 0 Å². The normalized spacial score (nSPS) is 24.3. The number of rotatable bonds is 3. The van der Waals surface area contributed by atoms with Crippen LogP contribution in [0.15, 0.2) is 0 Å². The minimum atomic E-state index is -0.422. The molecule has 1 aliphatic rings. The van der Waals surface area contributed by atoms with Crippen LogP contribution in [0.25, 0.3) is 0 Å². The van der Waals surface area contributed by atoms with Crippen LogP contribution in [0.3, 0.4) is 0 Å². The van der Waals surface area contributed by atoms with Crippen molar-refractivity contribution in [3.05, 3.63) is 0 Å². The van der Waals surface area contributed by atoms with Gasteiger partial charge in [0.2, 0.25) is 0 Å². The molecule has 3 N–H and O–H groups in total. The van der Waals surface area contributed by atoms with Crippen LogP contribution in [0.1, 0.15) is 13.3 Å². The quantitative estimate of drug-likeness (QED) is 0.556. The topological polar surface area (TPSA) is 49.5 Å². The number of β-amino-alcohol motifs (C(OH)–C–C–N with tert-alkyl or cyclic N) is 1. The largest absolute Gasteiger partial charge is 0.388 e. The molecule has 3 nitrogen and oxygen atoms in total. The third-order valence-electron chi connectivity index (χ3n) is 1.81. The zero-order valence-electron chi connectivity index (χ0n) is 6.51. The molecule has 1 heterocycles. The van der Waals surface area contributed by atoms with Gasteiger partial charge in [-0.05, 0) is 26.4 Å². The second-order valence-electron chi connectivity index (χ2n) is 3.35. The Morgan fingerprint density at radius 1 is 1.60 bits per heavy atom. The molecule has 1 aliphatic heterocycles. The molecule has 0 spiro atoms. The van der Waals surface area contributed by atoms with Crippen molar-refractivity contribution in [2.75, 3.05) is 26.2 Å². The van der Waals surface area contributed by atoms with Crippen LogP contribution in [0, 0.1) is 0 Å². The molecular formula is C7H16N2O. The maximum atomic E-state index is 9.31. The molecule has 1 fully saturated rings. The van der Waals surface area contributed by atoms with Gasteiger partial charge in [0.05, 0.1) is 5.60 Å². The Morgan fingerprint density at radius 3 is 2.60 bits per heavy atom. The zero-order chi connectivity index (χ0) is 7.61. The molecule has 0 unspecified atom stereocenters. The summed E-state index contributed by atoms with van der Waals surface area (Å²) in [5.74, 6) is 0. The summed E-state index contributed by atoms with van der Waals surface area (Å²) in [6.45, 7) is 5.28. The third-order valence-corrected chi connectivity index (χ3v) is 1.81. The van der Waals surface area contributed by atoms with Gasteiger partial charge in [-0.2, -0.15) is 0 Å². The molecule has 0 aliphatic carbocycles. The number of likely N-dealkylation sites (tertiary alicyclic amines) is 1. The SMILES string of the molecule is CC1(O)CN(CCCN)C1. The van der Waals surface area contributed by atoms with Gasteiger partial charge in [0.1, 0.15) is 0 Å². The fourth-order valence-corrected chi connectivity index (χ4v) is 1.39. The monoisotopic (exact) mass is 144 g/mol. The van der Waals surface area contributed by atoms with E-state index in [0.717, 1.165) is 32.6 Å². The summed E-state index contributed by atoms with van der Waals surface area (Å²) in [4.78, 5) is 2.22. The summed E-state index contributed by atoms with van der Waals surface area (Å²) in [5, 5.41) is 9.31. The summed E-state index contributed by atoms with van der Waals surface area (Å²) in [7, 11) is 0. The Morgan fingerprint density at radius 2 is 2.20 bits per heavy atom. The zero-order valence-corrected chi connectivity index (χ0v) is 6.51. The van der Waals surface area contributed by atoms with E-state index in [4.69, 9.17) is 5.73 Å². The third kappa shape index (κ3) is 1.94. The fourth-order valence-electron chi connectivity index (χ4n) is 1.39. The summed E-state index contributed by atoms with van der Waals surface area (Å²) < 4.78 is 0. The predicted octanol–water partition coefficient (Wildman–Crippen LogP) is -0.598. The fraction of sp³-hybridized carbons (Fsp3) is 1.00. The number of nitrogens with two attached hydrogens (primary N) is 1. The standard InChI is InChI=1S/C7H16N2O/c1-7(10)5-9(6-7)4-2-3-8/h10H,2-6,8H2,1H3. The van der Waals surface area contributed by atoms with Gasteiger partial charge in [0.25, 0.3) is 0 Å². The number of aliphatic hydroxyl groups is 1. The maximum Gasteiger partial charge on any atom is 0.0872 e. The van der Waals surface area contributed by atoms with Crippen molar-refractivity contribution in [1.29, 1.82) is 0 Å². The van der Waals surface area contributed by atoms with Gasteiger partial charge >= 0.3 is 0 Å². The van der Waals surface area contributed by atoms with E-state index < -0.39 is 5.60 Å². The van der Waals surface area contributed by atoms with Gasteiger partial charge in [-0.3, -0.25) is 4.90 Å². The number of hydrogen-bond acceptors (Lipinski definition) is 3. The highest BCUT2D eigenvalue weighted by molar-refractivity contribution is 4.90. The summed E-state index contributed by atoms with van der Waals surface area (Å²) in [5.41, 5.74) is 4.91. The molecule has 0 saturated carbocycles. The van der Waals surface area contributed by atoms with E-state index in [-0.39, 0.29) is 0 Å². The first kappa shape index (κ1) is 7.98. The summed E-state index contributed by atoms with van der Waals surface area (Å²) >= 11 is 0. The Kier molecular flexibility index (Phi) is 2.28. The van der Waals surface area contributed by atoms with Crippen LogP contribution in [-0.4, -0.2) is 41.8 Å². The molecule has 0 amide bonds. The summed E-state index contributed by atoms with van der Waals surface area (Å²) in [6, 6.07) is 0. The van der Waals surface area contributed by atoms with Gasteiger partial charge in [0.15, 0.2) is 0 Å². The second kappa shape index (κ2) is 2.86. The predicted molar refractivity (Wildman–Crippen MR) is 40.7 cm³/mol. The number of hydrogen-bond donors (Lipinski definition) is 2. The molecule has 0 aromatic carbocycles. The Labute approximate surface area is 61.8 Å². The van der Waals surface area contributed by atoms with E-state index in [1.807, 2.05) is 6.92 Å². The van der Waals surface area contributed by atoms with E-state index in [1.165, 1.54) is 0 Å². The van der Waals surface area contributed by atoms with Crippen molar-refractivity contribution in [1.82, 2.24) is 4.90 Å². The first-order valence-electron chi connectivity index (χ1n) is 3.79. The first-order valence-corrected chi connectivity index (χ1v) is 3.79. The van der Waals surface area contributed by atoms with Crippen molar-refractivity contribution in [2.24, 2.45) is 5.73 Å². The van der Waals surface area contributed by atoms with Crippen LogP contribution in [0.5, 0.6) is 0 Å². The van der Waals surface area contributed by atoms with E-state index in [0.29, 0.717) is 0 Å². The first-order chi connectivity index (χ1) is 4.64. The molecule has 10 heavy (non-hydrogen) atoms. The van der Waals surface area contributed by atoms with Crippen LogP contribution in [-0.2, 0) is 0 Å². The van der Waals surface area contributed by atoms with Crippen molar-refractivity contribution >= 4 is 0 Å². The molecule has 0 aromatic rings. The molecule has 0 aromatic heterocycles.